The van der Waals surface area contributed by atoms with Crippen LogP contribution in [0.3, 0.4) is 0 Å². The summed E-state index contributed by atoms with van der Waals surface area (Å²) in [5, 5.41) is 2.52. The maximum atomic E-state index is 11.7. The fourth-order valence-corrected chi connectivity index (χ4v) is 1.31. The minimum Gasteiger partial charge on any atom is -0.493 e. The standard InChI is InChI=1S/C13H14N2O4/c1-3-6-15-13(17)9-4-5-10(11(7-9)18-2)19-8-12(14)16/h1,4-5,7H,6,8H2,2H3,(H2,14,16)(H,15,17). The minimum absolute atomic E-state index is 0.140. The molecule has 1 aromatic carbocycles. The molecular formula is C13H14N2O4. The van der Waals surface area contributed by atoms with Gasteiger partial charge >= 0.3 is 0 Å². The fraction of sp³-hybridized carbons (Fsp3) is 0.231. The first-order valence-electron chi connectivity index (χ1n) is 5.39. The van der Waals surface area contributed by atoms with Crippen molar-refractivity contribution in [3.05, 3.63) is 23.8 Å². The number of hydrogen-bond donors (Lipinski definition) is 2. The summed E-state index contributed by atoms with van der Waals surface area (Å²) in [6.45, 7) is -0.125. The van der Waals surface area contributed by atoms with Crippen molar-refractivity contribution in [1.82, 2.24) is 5.32 Å². The summed E-state index contributed by atoms with van der Waals surface area (Å²) in [6.07, 6.45) is 5.05. The zero-order valence-corrected chi connectivity index (χ0v) is 10.4. The Morgan fingerprint density at radius 1 is 1.42 bits per heavy atom. The number of terminal acetylenes is 1. The maximum absolute atomic E-state index is 11.7. The molecule has 0 aliphatic carbocycles. The average Bonchev–Trinajstić information content (AvgIpc) is 2.42. The third-order valence-corrected chi connectivity index (χ3v) is 2.15. The highest BCUT2D eigenvalue weighted by Crippen LogP contribution is 2.27. The molecule has 0 spiro atoms. The first-order valence-corrected chi connectivity index (χ1v) is 5.39. The molecule has 0 saturated carbocycles. The van der Waals surface area contributed by atoms with Gasteiger partial charge in [0.1, 0.15) is 0 Å². The Kier molecular flexibility index (Phi) is 5.23. The van der Waals surface area contributed by atoms with E-state index in [-0.39, 0.29) is 19.1 Å². The lowest BCUT2D eigenvalue weighted by Crippen LogP contribution is -2.23. The topological polar surface area (TPSA) is 90.6 Å². The number of carbonyl (C=O) groups excluding carboxylic acids is 2. The molecule has 0 aliphatic rings. The second kappa shape index (κ2) is 6.91. The van der Waals surface area contributed by atoms with E-state index in [1.54, 1.807) is 0 Å². The number of hydrogen-bond acceptors (Lipinski definition) is 4. The number of nitrogens with two attached hydrogens (primary N) is 1. The second-order valence-corrected chi connectivity index (χ2v) is 3.51. The largest absolute Gasteiger partial charge is 0.493 e. The first-order chi connectivity index (χ1) is 9.08. The number of nitrogens with one attached hydrogen (secondary N) is 1. The minimum atomic E-state index is -0.599. The van der Waals surface area contributed by atoms with E-state index in [9.17, 15) is 9.59 Å². The highest BCUT2D eigenvalue weighted by Gasteiger charge is 2.11. The van der Waals surface area contributed by atoms with Gasteiger partial charge in [0.2, 0.25) is 0 Å². The molecule has 1 aromatic rings. The summed E-state index contributed by atoms with van der Waals surface area (Å²) in [5.74, 6) is 2.04. The van der Waals surface area contributed by atoms with Crippen LogP contribution >= 0.6 is 0 Å². The van der Waals surface area contributed by atoms with Crippen LogP contribution in [0.25, 0.3) is 0 Å². The van der Waals surface area contributed by atoms with Gasteiger partial charge in [-0.05, 0) is 18.2 Å². The van der Waals surface area contributed by atoms with Gasteiger partial charge in [-0.2, -0.15) is 0 Å². The summed E-state index contributed by atoms with van der Waals surface area (Å²) in [7, 11) is 1.43. The highest BCUT2D eigenvalue weighted by atomic mass is 16.5. The number of benzene rings is 1. The van der Waals surface area contributed by atoms with Gasteiger partial charge in [-0.1, -0.05) is 5.92 Å². The molecule has 0 fully saturated rings. The van der Waals surface area contributed by atoms with Crippen LogP contribution in [0.5, 0.6) is 11.5 Å². The first kappa shape index (κ1) is 14.4. The molecule has 100 valence electrons. The van der Waals surface area contributed by atoms with Crippen LogP contribution in [0.1, 0.15) is 10.4 Å². The van der Waals surface area contributed by atoms with Crippen LogP contribution < -0.4 is 20.5 Å². The van der Waals surface area contributed by atoms with Crippen LogP contribution in [0, 0.1) is 12.3 Å². The van der Waals surface area contributed by atoms with Gasteiger partial charge in [-0.25, -0.2) is 0 Å². The molecule has 0 heterocycles. The molecule has 6 nitrogen and oxygen atoms in total. The van der Waals surface area contributed by atoms with Gasteiger partial charge < -0.3 is 20.5 Å². The SMILES string of the molecule is C#CCNC(=O)c1ccc(OCC(N)=O)c(OC)c1. The predicted octanol–water partition coefficient (Wildman–Crippen LogP) is -0.0777. The van der Waals surface area contributed by atoms with Crippen molar-refractivity contribution >= 4 is 11.8 Å². The molecule has 0 atom stereocenters. The summed E-state index contributed by atoms with van der Waals surface area (Å²) in [6, 6.07) is 4.54. The number of ether oxygens (including phenoxy) is 2. The van der Waals surface area contributed by atoms with Gasteiger partial charge in [-0.15, -0.1) is 6.42 Å². The smallest absolute Gasteiger partial charge is 0.255 e. The van der Waals surface area contributed by atoms with E-state index in [1.165, 1.54) is 25.3 Å². The molecule has 0 unspecified atom stereocenters. The van der Waals surface area contributed by atoms with E-state index in [4.69, 9.17) is 21.6 Å². The van der Waals surface area contributed by atoms with E-state index in [0.717, 1.165) is 0 Å². The number of primary amides is 1. The monoisotopic (exact) mass is 262 g/mol. The molecule has 0 aliphatic heterocycles. The molecule has 3 N–H and O–H groups in total. The summed E-state index contributed by atoms with van der Waals surface area (Å²) in [4.78, 5) is 22.3. The van der Waals surface area contributed by atoms with E-state index in [0.29, 0.717) is 17.1 Å². The van der Waals surface area contributed by atoms with Crippen LogP contribution in [-0.4, -0.2) is 32.1 Å². The number of amides is 2. The van der Waals surface area contributed by atoms with Gasteiger partial charge in [0.25, 0.3) is 11.8 Å². The quantitative estimate of drug-likeness (QED) is 0.702. The third kappa shape index (κ3) is 4.24. The van der Waals surface area contributed by atoms with Gasteiger partial charge in [-0.3, -0.25) is 9.59 Å². The number of carbonyl (C=O) groups is 2. The Morgan fingerprint density at radius 3 is 2.74 bits per heavy atom. The molecule has 0 saturated heterocycles. The normalized spacial score (nSPS) is 9.26. The molecule has 2 amide bonds. The lowest BCUT2D eigenvalue weighted by Gasteiger charge is -2.10. The van der Waals surface area contributed by atoms with Crippen molar-refractivity contribution in [2.24, 2.45) is 5.73 Å². The van der Waals surface area contributed by atoms with E-state index in [2.05, 4.69) is 11.2 Å². The van der Waals surface area contributed by atoms with Gasteiger partial charge in [0, 0.05) is 5.56 Å². The molecule has 0 radical (unpaired) electrons. The van der Waals surface area contributed by atoms with Crippen LogP contribution in [0.15, 0.2) is 18.2 Å². The molecule has 1 rings (SSSR count). The van der Waals surface area contributed by atoms with Gasteiger partial charge in [0.15, 0.2) is 18.1 Å². The van der Waals surface area contributed by atoms with Crippen molar-refractivity contribution < 1.29 is 19.1 Å². The predicted molar refractivity (Wildman–Crippen MR) is 68.8 cm³/mol. The lowest BCUT2D eigenvalue weighted by molar-refractivity contribution is -0.119. The summed E-state index contributed by atoms with van der Waals surface area (Å²) in [5.41, 5.74) is 5.35. The Bertz CT molecular complexity index is 520. The van der Waals surface area contributed by atoms with Crippen LogP contribution in [0.4, 0.5) is 0 Å². The number of rotatable bonds is 6. The Labute approximate surface area is 110 Å². The number of methoxy groups -OCH3 is 1. The van der Waals surface area contributed by atoms with E-state index >= 15 is 0 Å². The summed E-state index contributed by atoms with van der Waals surface area (Å²) >= 11 is 0. The Hall–Kier alpha value is -2.68. The molecule has 6 heteroatoms. The average molecular weight is 262 g/mol. The second-order valence-electron chi connectivity index (χ2n) is 3.51. The fourth-order valence-electron chi connectivity index (χ4n) is 1.31. The molecule has 0 aromatic heterocycles. The van der Waals surface area contributed by atoms with Crippen molar-refractivity contribution in [3.8, 4) is 23.8 Å². The van der Waals surface area contributed by atoms with Crippen LogP contribution in [0.2, 0.25) is 0 Å². The Balaban J connectivity index is 2.86. The zero-order chi connectivity index (χ0) is 14.3. The summed E-state index contributed by atoms with van der Waals surface area (Å²) < 4.78 is 10.2. The van der Waals surface area contributed by atoms with E-state index in [1.807, 2.05) is 0 Å². The molecule has 19 heavy (non-hydrogen) atoms. The molecule has 0 bridgehead atoms. The van der Waals surface area contributed by atoms with Crippen molar-refractivity contribution in [3.63, 3.8) is 0 Å². The van der Waals surface area contributed by atoms with Crippen molar-refractivity contribution in [2.75, 3.05) is 20.3 Å². The van der Waals surface area contributed by atoms with E-state index < -0.39 is 5.91 Å². The van der Waals surface area contributed by atoms with Crippen molar-refractivity contribution in [1.29, 1.82) is 0 Å². The Morgan fingerprint density at radius 2 is 2.16 bits per heavy atom. The maximum Gasteiger partial charge on any atom is 0.255 e. The van der Waals surface area contributed by atoms with Crippen LogP contribution in [-0.2, 0) is 4.79 Å². The highest BCUT2D eigenvalue weighted by molar-refractivity contribution is 5.95. The zero-order valence-electron chi connectivity index (χ0n) is 10.4. The van der Waals surface area contributed by atoms with Crippen molar-refractivity contribution in [2.45, 2.75) is 0 Å². The third-order valence-electron chi connectivity index (χ3n) is 2.15. The molecular weight excluding hydrogens is 248 g/mol. The lowest BCUT2D eigenvalue weighted by atomic mass is 10.2. The van der Waals surface area contributed by atoms with Gasteiger partial charge in [0.05, 0.1) is 13.7 Å².